The van der Waals surface area contributed by atoms with Gasteiger partial charge in [0.15, 0.2) is 6.10 Å². The fourth-order valence-electron chi connectivity index (χ4n) is 5.36. The molecule has 2 atom stereocenters. The van der Waals surface area contributed by atoms with Gasteiger partial charge >= 0.3 is 19.8 Å². The maximum atomic E-state index is 12.6. The van der Waals surface area contributed by atoms with Gasteiger partial charge in [-0.3, -0.25) is 18.6 Å². The number of hydrogen-bond acceptors (Lipinski definition) is 8. The number of hydrogen-bond donors (Lipinski definition) is 1. The van der Waals surface area contributed by atoms with E-state index in [0.717, 1.165) is 64.2 Å². The van der Waals surface area contributed by atoms with Crippen LogP contribution in [-0.2, 0) is 32.7 Å². The van der Waals surface area contributed by atoms with Crippen LogP contribution in [0.25, 0.3) is 0 Å². The van der Waals surface area contributed by atoms with E-state index < -0.39 is 32.5 Å². The number of rotatable bonds is 38. The third-order valence-electron chi connectivity index (χ3n) is 8.59. The molecule has 0 rings (SSSR count). The van der Waals surface area contributed by atoms with Crippen LogP contribution in [0.5, 0.6) is 0 Å². The normalized spacial score (nSPS) is 14.0. The van der Waals surface area contributed by atoms with Crippen molar-refractivity contribution in [3.05, 3.63) is 60.8 Å². The van der Waals surface area contributed by atoms with Gasteiger partial charge < -0.3 is 19.3 Å². The van der Waals surface area contributed by atoms with Gasteiger partial charge in [-0.05, 0) is 71.9 Å². The smallest absolute Gasteiger partial charge is 0.462 e. The number of esters is 2. The third-order valence-corrected chi connectivity index (χ3v) is 9.57. The molecule has 0 aromatic heterocycles. The van der Waals surface area contributed by atoms with Crippen molar-refractivity contribution in [3.8, 4) is 0 Å². The predicted molar refractivity (Wildman–Crippen MR) is 224 cm³/mol. The molecule has 0 saturated carbocycles. The number of nitrogens with zero attached hydrogens (tertiary/aromatic N) is 1. The summed E-state index contributed by atoms with van der Waals surface area (Å²) in [4.78, 5) is 36.9. The lowest BCUT2D eigenvalue weighted by atomic mass is 10.0. The molecular formula is C44H78NO8P. The van der Waals surface area contributed by atoms with Crippen LogP contribution in [-0.4, -0.2) is 68.3 Å². The summed E-state index contributed by atoms with van der Waals surface area (Å²) in [5.74, 6) is -0.843. The second kappa shape index (κ2) is 39.0. The molecule has 2 unspecified atom stereocenters. The molecule has 0 fully saturated rings. The number of likely N-dealkylation sites (N-methyl/N-ethyl adjacent to an activating group) is 1. The highest BCUT2D eigenvalue weighted by Gasteiger charge is 2.26. The first-order chi connectivity index (χ1) is 26.2. The number of carbonyl (C=O) groups excluding carboxylic acids is 2. The van der Waals surface area contributed by atoms with Crippen molar-refractivity contribution in [2.75, 3.05) is 40.5 Å². The molecule has 0 aromatic rings. The number of allylic oxidation sites excluding steroid dienone is 10. The monoisotopic (exact) mass is 780 g/mol. The Balaban J connectivity index is 4.36. The van der Waals surface area contributed by atoms with Crippen molar-refractivity contribution in [2.45, 2.75) is 168 Å². The Morgan fingerprint density at radius 1 is 0.593 bits per heavy atom. The Bertz CT molecular complexity index is 1080. The van der Waals surface area contributed by atoms with Gasteiger partial charge in [-0.2, -0.15) is 0 Å². The Morgan fingerprint density at radius 2 is 1.06 bits per heavy atom. The lowest BCUT2D eigenvalue weighted by Gasteiger charge is -2.20. The highest BCUT2D eigenvalue weighted by atomic mass is 31.2. The molecule has 10 heteroatoms. The number of ether oxygens (including phenoxy) is 2. The first-order valence-corrected chi connectivity index (χ1v) is 22.6. The van der Waals surface area contributed by atoms with E-state index >= 15 is 0 Å². The maximum absolute atomic E-state index is 12.6. The van der Waals surface area contributed by atoms with E-state index in [0.29, 0.717) is 19.4 Å². The molecule has 0 aromatic carbocycles. The van der Waals surface area contributed by atoms with Crippen molar-refractivity contribution in [3.63, 3.8) is 0 Å². The maximum Gasteiger partial charge on any atom is 0.472 e. The molecule has 0 aliphatic carbocycles. The van der Waals surface area contributed by atoms with Crippen LogP contribution >= 0.6 is 7.82 Å². The van der Waals surface area contributed by atoms with Gasteiger partial charge in [-0.1, -0.05) is 152 Å². The number of unbranched alkanes of at least 4 members (excludes halogenated alkanes) is 14. The Morgan fingerprint density at radius 3 is 1.57 bits per heavy atom. The van der Waals surface area contributed by atoms with Gasteiger partial charge in [0.2, 0.25) is 0 Å². The summed E-state index contributed by atoms with van der Waals surface area (Å²) in [6, 6.07) is 0. The molecule has 0 amide bonds. The molecular weight excluding hydrogens is 701 g/mol. The fraction of sp³-hybridized carbons (Fsp3) is 0.727. The lowest BCUT2D eigenvalue weighted by Crippen LogP contribution is -2.29. The summed E-state index contributed by atoms with van der Waals surface area (Å²) >= 11 is 0. The lowest BCUT2D eigenvalue weighted by molar-refractivity contribution is -0.161. The topological polar surface area (TPSA) is 112 Å². The van der Waals surface area contributed by atoms with Gasteiger partial charge in [0, 0.05) is 19.4 Å². The van der Waals surface area contributed by atoms with E-state index in [9.17, 15) is 19.0 Å². The number of carbonyl (C=O) groups is 2. The van der Waals surface area contributed by atoms with Crippen LogP contribution in [0.4, 0.5) is 0 Å². The molecule has 54 heavy (non-hydrogen) atoms. The highest BCUT2D eigenvalue weighted by molar-refractivity contribution is 7.47. The molecule has 0 aliphatic rings. The molecule has 312 valence electrons. The first kappa shape index (κ1) is 51.7. The standard InChI is InChI=1S/C44H78NO8P/c1-5-7-9-11-13-15-17-19-20-21-22-23-24-25-27-28-30-32-34-36-43(46)50-40-42(41-52-54(48,49)51-39-38-45(3)4)53-44(47)37-35-33-31-29-26-18-16-14-12-10-8-6-2/h7,9,13,15,19-20,22-23,25,27,42H,5-6,8,10-12,14,16-18,21,24,26,28-41H2,1-4H3,(H,48,49)/b9-7-,15-13-,20-19-,23-22-,27-25-. The van der Waals surface area contributed by atoms with Crippen LogP contribution in [0.15, 0.2) is 60.8 Å². The molecule has 0 saturated heterocycles. The Labute approximate surface area is 330 Å². The minimum Gasteiger partial charge on any atom is -0.462 e. The van der Waals surface area contributed by atoms with Crippen molar-refractivity contribution in [1.29, 1.82) is 0 Å². The number of phosphoric acid groups is 1. The average Bonchev–Trinajstić information content (AvgIpc) is 3.13. The van der Waals surface area contributed by atoms with Crippen molar-refractivity contribution < 1.29 is 37.6 Å². The van der Waals surface area contributed by atoms with Gasteiger partial charge in [0.25, 0.3) is 0 Å². The quantitative estimate of drug-likeness (QED) is 0.0283. The van der Waals surface area contributed by atoms with E-state index in [1.807, 2.05) is 19.0 Å². The van der Waals surface area contributed by atoms with Crippen LogP contribution in [0.2, 0.25) is 0 Å². The largest absolute Gasteiger partial charge is 0.472 e. The van der Waals surface area contributed by atoms with Crippen molar-refractivity contribution in [1.82, 2.24) is 4.90 Å². The molecule has 0 aliphatic heterocycles. The zero-order valence-corrected chi connectivity index (χ0v) is 35.5. The summed E-state index contributed by atoms with van der Waals surface area (Å²) in [6.07, 6.45) is 44.1. The van der Waals surface area contributed by atoms with Gasteiger partial charge in [0.05, 0.1) is 13.2 Å². The van der Waals surface area contributed by atoms with E-state index in [1.165, 1.54) is 57.8 Å². The molecule has 0 bridgehead atoms. The van der Waals surface area contributed by atoms with Crippen LogP contribution < -0.4 is 0 Å². The van der Waals surface area contributed by atoms with Crippen LogP contribution in [0.1, 0.15) is 162 Å². The van der Waals surface area contributed by atoms with Crippen molar-refractivity contribution >= 4 is 19.8 Å². The zero-order valence-electron chi connectivity index (χ0n) is 34.6. The molecule has 0 spiro atoms. The summed E-state index contributed by atoms with van der Waals surface area (Å²) < 4.78 is 33.4. The third kappa shape index (κ3) is 39.4. The minimum atomic E-state index is -4.37. The summed E-state index contributed by atoms with van der Waals surface area (Å²) in [5, 5.41) is 0. The van der Waals surface area contributed by atoms with Gasteiger partial charge in [-0.15, -0.1) is 0 Å². The summed E-state index contributed by atoms with van der Waals surface area (Å²) in [6.45, 7) is 4.15. The van der Waals surface area contributed by atoms with E-state index in [4.69, 9.17) is 18.5 Å². The predicted octanol–water partition coefficient (Wildman–Crippen LogP) is 11.9. The first-order valence-electron chi connectivity index (χ1n) is 21.1. The molecule has 0 radical (unpaired) electrons. The minimum absolute atomic E-state index is 0.000254. The van der Waals surface area contributed by atoms with E-state index in [-0.39, 0.29) is 26.1 Å². The fourth-order valence-corrected chi connectivity index (χ4v) is 6.10. The van der Waals surface area contributed by atoms with Gasteiger partial charge in [-0.25, -0.2) is 4.57 Å². The van der Waals surface area contributed by atoms with Gasteiger partial charge in [0.1, 0.15) is 6.61 Å². The van der Waals surface area contributed by atoms with E-state index in [1.54, 1.807) is 0 Å². The van der Waals surface area contributed by atoms with Crippen LogP contribution in [0, 0.1) is 0 Å². The SMILES string of the molecule is CC/C=C\C/C=C\C/C=C\C/C=C\C/C=C\CCCCCC(=O)OCC(COP(=O)(O)OCCN(C)C)OC(=O)CCCCCCCCCCCCCC. The summed E-state index contributed by atoms with van der Waals surface area (Å²) in [7, 11) is -0.730. The Hall–Kier alpha value is -2.29. The van der Waals surface area contributed by atoms with E-state index in [2.05, 4.69) is 74.6 Å². The molecule has 9 nitrogen and oxygen atoms in total. The van der Waals surface area contributed by atoms with Crippen molar-refractivity contribution in [2.24, 2.45) is 0 Å². The average molecular weight is 780 g/mol. The second-order valence-corrected chi connectivity index (χ2v) is 15.6. The zero-order chi connectivity index (χ0) is 39.8. The van der Waals surface area contributed by atoms with Crippen LogP contribution in [0.3, 0.4) is 0 Å². The molecule has 1 N–H and O–H groups in total. The number of phosphoric ester groups is 1. The Kier molecular flexibility index (Phi) is 37.3. The second-order valence-electron chi connectivity index (χ2n) is 14.1. The molecule has 0 heterocycles. The summed E-state index contributed by atoms with van der Waals surface area (Å²) in [5.41, 5.74) is 0. The highest BCUT2D eigenvalue weighted by Crippen LogP contribution is 2.43.